The molecule has 2 rings (SSSR count). The highest BCUT2D eigenvalue weighted by Gasteiger charge is 2.26. The highest BCUT2D eigenvalue weighted by atomic mass is 35.5. The van der Waals surface area contributed by atoms with E-state index in [4.69, 9.17) is 22.1 Å². The number of piperidine rings is 1. The number of nitrogens with two attached hydrogens (primary N) is 1. The van der Waals surface area contributed by atoms with Gasteiger partial charge in [-0.25, -0.2) is 0 Å². The van der Waals surface area contributed by atoms with Crippen molar-refractivity contribution in [3.8, 4) is 5.75 Å². The van der Waals surface area contributed by atoms with Gasteiger partial charge in [0.2, 0.25) is 5.91 Å². The van der Waals surface area contributed by atoms with Crippen LogP contribution in [0.4, 0.5) is 0 Å². The van der Waals surface area contributed by atoms with Gasteiger partial charge in [0.05, 0.1) is 13.5 Å². The molecule has 0 aliphatic carbocycles. The lowest BCUT2D eigenvalue weighted by Crippen LogP contribution is -2.45. The van der Waals surface area contributed by atoms with Crippen LogP contribution < -0.4 is 10.5 Å². The van der Waals surface area contributed by atoms with Gasteiger partial charge in [-0.05, 0) is 43.4 Å². The zero-order valence-electron chi connectivity index (χ0n) is 12.6. The molecule has 1 fully saturated rings. The lowest BCUT2D eigenvalue weighted by atomic mass is 9.92. The molecule has 1 saturated heterocycles. The second-order valence-electron chi connectivity index (χ2n) is 5.74. The van der Waals surface area contributed by atoms with Crippen LogP contribution in [-0.2, 0) is 11.2 Å². The number of halogens is 1. The van der Waals surface area contributed by atoms with Crippen molar-refractivity contribution in [1.29, 1.82) is 0 Å². The molecule has 1 amide bonds. The van der Waals surface area contributed by atoms with E-state index in [9.17, 15) is 4.79 Å². The summed E-state index contributed by atoms with van der Waals surface area (Å²) in [6.07, 6.45) is 2.45. The van der Waals surface area contributed by atoms with Crippen LogP contribution in [0.15, 0.2) is 18.2 Å². The summed E-state index contributed by atoms with van der Waals surface area (Å²) >= 11 is 6.20. The zero-order chi connectivity index (χ0) is 15.4. The molecule has 4 nitrogen and oxygen atoms in total. The Hall–Kier alpha value is -1.26. The summed E-state index contributed by atoms with van der Waals surface area (Å²) in [4.78, 5) is 14.4. The van der Waals surface area contributed by atoms with Gasteiger partial charge in [0.15, 0.2) is 0 Å². The van der Waals surface area contributed by atoms with E-state index in [2.05, 4.69) is 0 Å². The lowest BCUT2D eigenvalue weighted by molar-refractivity contribution is -0.132. The van der Waals surface area contributed by atoms with Crippen LogP contribution in [-0.4, -0.2) is 37.0 Å². The van der Waals surface area contributed by atoms with Gasteiger partial charge in [-0.2, -0.15) is 0 Å². The van der Waals surface area contributed by atoms with Gasteiger partial charge in [0.25, 0.3) is 0 Å². The molecule has 2 atom stereocenters. The summed E-state index contributed by atoms with van der Waals surface area (Å²) in [6.45, 7) is 3.58. The monoisotopic (exact) mass is 310 g/mol. The third kappa shape index (κ3) is 4.11. The van der Waals surface area contributed by atoms with E-state index in [1.54, 1.807) is 13.2 Å². The van der Waals surface area contributed by atoms with Crippen molar-refractivity contribution in [2.75, 3.05) is 20.2 Å². The van der Waals surface area contributed by atoms with Crippen molar-refractivity contribution in [3.63, 3.8) is 0 Å². The van der Waals surface area contributed by atoms with Crippen molar-refractivity contribution >= 4 is 17.5 Å². The lowest BCUT2D eigenvalue weighted by Gasteiger charge is -2.34. The van der Waals surface area contributed by atoms with Crippen LogP contribution in [0.1, 0.15) is 25.3 Å². The van der Waals surface area contributed by atoms with E-state index in [1.165, 1.54) is 0 Å². The normalized spacial score (nSPS) is 20.2. The molecule has 1 aromatic carbocycles. The molecule has 1 aromatic rings. The van der Waals surface area contributed by atoms with Gasteiger partial charge >= 0.3 is 0 Å². The van der Waals surface area contributed by atoms with Gasteiger partial charge in [-0.1, -0.05) is 17.7 Å². The number of methoxy groups -OCH3 is 1. The van der Waals surface area contributed by atoms with E-state index in [0.717, 1.165) is 31.5 Å². The molecule has 1 aliphatic rings. The van der Waals surface area contributed by atoms with Crippen molar-refractivity contribution in [1.82, 2.24) is 4.90 Å². The molecular weight excluding hydrogens is 288 g/mol. The molecule has 0 bridgehead atoms. The fourth-order valence-electron chi connectivity index (χ4n) is 2.74. The number of hydrogen-bond donors (Lipinski definition) is 1. The molecule has 21 heavy (non-hydrogen) atoms. The Morgan fingerprint density at radius 3 is 2.95 bits per heavy atom. The average molecular weight is 311 g/mol. The molecule has 0 saturated carbocycles. The third-order valence-corrected chi connectivity index (χ3v) is 4.51. The molecule has 0 unspecified atom stereocenters. The maximum Gasteiger partial charge on any atom is 0.227 e. The number of carbonyl (C=O) groups is 1. The summed E-state index contributed by atoms with van der Waals surface area (Å²) < 4.78 is 5.12. The molecule has 0 aromatic heterocycles. The fraction of sp³-hybridized carbons (Fsp3) is 0.562. The Kier molecular flexibility index (Phi) is 5.48. The largest absolute Gasteiger partial charge is 0.497 e. The van der Waals surface area contributed by atoms with Crippen molar-refractivity contribution in [3.05, 3.63) is 28.8 Å². The van der Waals surface area contributed by atoms with E-state index < -0.39 is 0 Å². The van der Waals surface area contributed by atoms with Crippen LogP contribution in [0.25, 0.3) is 0 Å². The summed E-state index contributed by atoms with van der Waals surface area (Å²) in [5, 5.41) is 0.573. The molecule has 0 radical (unpaired) electrons. The molecule has 5 heteroatoms. The predicted molar refractivity (Wildman–Crippen MR) is 84.7 cm³/mol. The maximum atomic E-state index is 12.4. The standard InChI is InChI=1S/C16H23ClN2O2/c1-11(18)13-4-3-7-19(10-13)16(20)8-12-5-6-14(21-2)9-15(12)17/h5-6,9,11,13H,3-4,7-8,10,18H2,1-2H3/t11-,13+/m1/s1. The number of carbonyl (C=O) groups excluding carboxylic acids is 1. The maximum absolute atomic E-state index is 12.4. The third-order valence-electron chi connectivity index (χ3n) is 4.16. The fourth-order valence-corrected chi connectivity index (χ4v) is 2.98. The Morgan fingerprint density at radius 2 is 2.33 bits per heavy atom. The number of nitrogens with zero attached hydrogens (tertiary/aromatic N) is 1. The van der Waals surface area contributed by atoms with Crippen molar-refractivity contribution < 1.29 is 9.53 Å². The molecular formula is C16H23ClN2O2. The number of rotatable bonds is 4. The van der Waals surface area contributed by atoms with Crippen LogP contribution in [0, 0.1) is 5.92 Å². The van der Waals surface area contributed by atoms with Crippen LogP contribution >= 0.6 is 11.6 Å². The topological polar surface area (TPSA) is 55.6 Å². The number of ether oxygens (including phenoxy) is 1. The first-order valence-corrected chi connectivity index (χ1v) is 7.75. The molecule has 1 heterocycles. The molecule has 0 spiro atoms. The minimum absolute atomic E-state index is 0.118. The average Bonchev–Trinajstić information content (AvgIpc) is 2.49. The summed E-state index contributed by atoms with van der Waals surface area (Å²) in [5.74, 6) is 1.22. The number of benzene rings is 1. The second-order valence-corrected chi connectivity index (χ2v) is 6.14. The van der Waals surface area contributed by atoms with E-state index in [0.29, 0.717) is 23.1 Å². The number of hydrogen-bond acceptors (Lipinski definition) is 3. The van der Waals surface area contributed by atoms with Gasteiger partial charge < -0.3 is 15.4 Å². The first kappa shape index (κ1) is 16.1. The van der Waals surface area contributed by atoms with Gasteiger partial charge in [-0.15, -0.1) is 0 Å². The Labute approximate surface area is 131 Å². The zero-order valence-corrected chi connectivity index (χ0v) is 13.4. The quantitative estimate of drug-likeness (QED) is 0.929. The first-order valence-electron chi connectivity index (χ1n) is 7.37. The second kappa shape index (κ2) is 7.14. The SMILES string of the molecule is COc1ccc(CC(=O)N2CCC[C@H]([C@@H](C)N)C2)c(Cl)c1. The van der Waals surface area contributed by atoms with Crippen LogP contribution in [0.2, 0.25) is 5.02 Å². The minimum atomic E-state index is 0.118. The predicted octanol–water partition coefficient (Wildman–Crippen LogP) is 2.48. The van der Waals surface area contributed by atoms with Crippen LogP contribution in [0.3, 0.4) is 0 Å². The van der Waals surface area contributed by atoms with Crippen molar-refractivity contribution in [2.24, 2.45) is 11.7 Å². The van der Waals surface area contributed by atoms with Gasteiger partial charge in [0, 0.05) is 24.2 Å². The Balaban J connectivity index is 2.01. The molecule has 116 valence electrons. The van der Waals surface area contributed by atoms with Gasteiger partial charge in [0.1, 0.15) is 5.75 Å². The summed E-state index contributed by atoms with van der Waals surface area (Å²) in [5.41, 5.74) is 6.80. The molecule has 2 N–H and O–H groups in total. The van der Waals surface area contributed by atoms with Gasteiger partial charge in [-0.3, -0.25) is 4.79 Å². The smallest absolute Gasteiger partial charge is 0.227 e. The number of amides is 1. The summed E-state index contributed by atoms with van der Waals surface area (Å²) in [6, 6.07) is 5.55. The Bertz CT molecular complexity index is 505. The molecule has 1 aliphatic heterocycles. The van der Waals surface area contributed by atoms with E-state index in [1.807, 2.05) is 24.0 Å². The van der Waals surface area contributed by atoms with Crippen molar-refractivity contribution in [2.45, 2.75) is 32.2 Å². The van der Waals surface area contributed by atoms with Crippen LogP contribution in [0.5, 0.6) is 5.75 Å². The minimum Gasteiger partial charge on any atom is -0.497 e. The number of likely N-dealkylation sites (tertiary alicyclic amines) is 1. The highest BCUT2D eigenvalue weighted by molar-refractivity contribution is 6.31. The summed E-state index contributed by atoms with van der Waals surface area (Å²) in [7, 11) is 1.60. The highest BCUT2D eigenvalue weighted by Crippen LogP contribution is 2.24. The van der Waals surface area contributed by atoms with E-state index in [-0.39, 0.29) is 11.9 Å². The van der Waals surface area contributed by atoms with E-state index >= 15 is 0 Å². The first-order chi connectivity index (χ1) is 10.0. The Morgan fingerprint density at radius 1 is 1.57 bits per heavy atom.